The Balaban J connectivity index is 1.51. The van der Waals surface area contributed by atoms with Gasteiger partial charge in [0.1, 0.15) is 17.6 Å². The fourth-order valence-corrected chi connectivity index (χ4v) is 3.46. The molecule has 4 rings (SSSR count). The lowest BCUT2D eigenvalue weighted by molar-refractivity contribution is -0.135. The van der Waals surface area contributed by atoms with Crippen LogP contribution in [0.4, 0.5) is 5.69 Å². The zero-order valence-electron chi connectivity index (χ0n) is 16.7. The molecule has 2 aromatic carbocycles. The van der Waals surface area contributed by atoms with Crippen LogP contribution in [-0.2, 0) is 9.59 Å². The maximum Gasteiger partial charge on any atom is 0.281 e. The minimum absolute atomic E-state index is 0.185. The van der Waals surface area contributed by atoms with Gasteiger partial charge in [0, 0.05) is 30.1 Å². The van der Waals surface area contributed by atoms with Crippen LogP contribution in [0.25, 0.3) is 0 Å². The van der Waals surface area contributed by atoms with E-state index in [-0.39, 0.29) is 24.5 Å². The molecule has 8 heteroatoms. The number of halogens is 1. The molecule has 0 saturated carbocycles. The monoisotopic (exact) mass is 437 g/mol. The molecule has 31 heavy (non-hydrogen) atoms. The first kappa shape index (κ1) is 20.7. The fraction of sp³-hybridized carbons (Fsp3) is 0.174. The Morgan fingerprint density at radius 1 is 1.19 bits per heavy atom. The second kappa shape index (κ2) is 9.06. The van der Waals surface area contributed by atoms with Crippen LogP contribution in [-0.4, -0.2) is 29.1 Å². The van der Waals surface area contributed by atoms with Gasteiger partial charge in [-0.3, -0.25) is 9.59 Å². The summed E-state index contributed by atoms with van der Waals surface area (Å²) < 4.78 is 11.2. The van der Waals surface area contributed by atoms with Gasteiger partial charge in [-0.1, -0.05) is 29.8 Å². The van der Waals surface area contributed by atoms with E-state index in [1.165, 1.54) is 11.9 Å². The molecular weight excluding hydrogens is 418 g/mol. The SMILES string of the molecule is CC(=O)Nc1cccc(OCC(=O)N2N=C(c3ccc(Cl)cc3)C[C@@H]2c2ccco2)c1. The molecule has 1 N–H and O–H groups in total. The number of hydrazone groups is 1. The lowest BCUT2D eigenvalue weighted by Gasteiger charge is -2.20. The van der Waals surface area contributed by atoms with Crippen LogP contribution in [0.5, 0.6) is 5.75 Å². The van der Waals surface area contributed by atoms with E-state index in [4.69, 9.17) is 20.8 Å². The normalized spacial score (nSPS) is 15.5. The number of benzene rings is 2. The number of hydrogen-bond donors (Lipinski definition) is 1. The average molecular weight is 438 g/mol. The van der Waals surface area contributed by atoms with Gasteiger partial charge in [0.25, 0.3) is 5.91 Å². The zero-order chi connectivity index (χ0) is 21.8. The second-order valence-electron chi connectivity index (χ2n) is 7.02. The Labute approximate surface area is 184 Å². The Morgan fingerprint density at radius 2 is 2.00 bits per heavy atom. The number of rotatable bonds is 6. The van der Waals surface area contributed by atoms with E-state index >= 15 is 0 Å². The molecule has 0 spiro atoms. The summed E-state index contributed by atoms with van der Waals surface area (Å²) in [7, 11) is 0. The minimum Gasteiger partial charge on any atom is -0.484 e. The van der Waals surface area contributed by atoms with Crippen LogP contribution in [0, 0.1) is 0 Å². The molecule has 1 aromatic heterocycles. The van der Waals surface area contributed by atoms with E-state index in [0.717, 1.165) is 11.3 Å². The van der Waals surface area contributed by atoms with Crippen molar-refractivity contribution in [2.24, 2.45) is 5.10 Å². The number of carbonyl (C=O) groups is 2. The van der Waals surface area contributed by atoms with Crippen molar-refractivity contribution >= 4 is 34.8 Å². The fourth-order valence-electron chi connectivity index (χ4n) is 3.34. The number of carbonyl (C=O) groups excluding carboxylic acids is 2. The summed E-state index contributed by atoms with van der Waals surface area (Å²) in [6.07, 6.45) is 2.08. The average Bonchev–Trinajstić information content (AvgIpc) is 3.42. The lowest BCUT2D eigenvalue weighted by atomic mass is 10.0. The van der Waals surface area contributed by atoms with Gasteiger partial charge < -0.3 is 14.5 Å². The van der Waals surface area contributed by atoms with Crippen molar-refractivity contribution in [3.8, 4) is 5.75 Å². The third-order valence-corrected chi connectivity index (χ3v) is 4.98. The van der Waals surface area contributed by atoms with Gasteiger partial charge in [0.2, 0.25) is 5.91 Å². The van der Waals surface area contributed by atoms with Crippen molar-refractivity contribution in [1.82, 2.24) is 5.01 Å². The van der Waals surface area contributed by atoms with Crippen molar-refractivity contribution in [1.29, 1.82) is 0 Å². The van der Waals surface area contributed by atoms with Gasteiger partial charge in [-0.2, -0.15) is 5.10 Å². The predicted molar refractivity (Wildman–Crippen MR) is 117 cm³/mol. The molecule has 158 valence electrons. The molecular formula is C23H20ClN3O4. The molecule has 1 atom stereocenters. The molecule has 2 amide bonds. The molecule has 7 nitrogen and oxygen atoms in total. The van der Waals surface area contributed by atoms with Gasteiger partial charge in [-0.05, 0) is 42.0 Å². The highest BCUT2D eigenvalue weighted by molar-refractivity contribution is 6.30. The maximum absolute atomic E-state index is 13.0. The van der Waals surface area contributed by atoms with Gasteiger partial charge >= 0.3 is 0 Å². The summed E-state index contributed by atoms with van der Waals surface area (Å²) >= 11 is 5.99. The van der Waals surface area contributed by atoms with Crippen LogP contribution in [0.2, 0.25) is 5.02 Å². The number of amides is 2. The van der Waals surface area contributed by atoms with Crippen LogP contribution in [0.1, 0.15) is 30.7 Å². The Hall–Kier alpha value is -3.58. The molecule has 0 aliphatic carbocycles. The molecule has 3 aromatic rings. The third kappa shape index (κ3) is 4.95. The van der Waals surface area contributed by atoms with E-state index in [9.17, 15) is 9.59 Å². The summed E-state index contributed by atoms with van der Waals surface area (Å²) in [6, 6.07) is 17.4. The minimum atomic E-state index is -0.359. The lowest BCUT2D eigenvalue weighted by Crippen LogP contribution is -2.31. The van der Waals surface area contributed by atoms with Gasteiger partial charge in [-0.15, -0.1) is 0 Å². The molecule has 0 bridgehead atoms. The molecule has 0 fully saturated rings. The highest BCUT2D eigenvalue weighted by atomic mass is 35.5. The maximum atomic E-state index is 13.0. The largest absolute Gasteiger partial charge is 0.484 e. The summed E-state index contributed by atoms with van der Waals surface area (Å²) in [6.45, 7) is 1.22. The van der Waals surface area contributed by atoms with Gasteiger partial charge in [-0.25, -0.2) is 5.01 Å². The number of hydrogen-bond acceptors (Lipinski definition) is 5. The zero-order valence-corrected chi connectivity index (χ0v) is 17.5. The third-order valence-electron chi connectivity index (χ3n) is 4.73. The van der Waals surface area contributed by atoms with E-state index in [0.29, 0.717) is 28.6 Å². The van der Waals surface area contributed by atoms with E-state index in [1.807, 2.05) is 18.2 Å². The Morgan fingerprint density at radius 3 is 2.71 bits per heavy atom. The highest BCUT2D eigenvalue weighted by Gasteiger charge is 2.35. The predicted octanol–water partition coefficient (Wildman–Crippen LogP) is 4.65. The number of nitrogens with zero attached hydrogens (tertiary/aromatic N) is 2. The molecule has 0 saturated heterocycles. The van der Waals surface area contributed by atoms with E-state index in [1.54, 1.807) is 48.7 Å². The molecule has 0 unspecified atom stereocenters. The number of furan rings is 1. The Kier molecular flexibility index (Phi) is 6.04. The van der Waals surface area contributed by atoms with Crippen molar-refractivity contribution < 1.29 is 18.7 Å². The topological polar surface area (TPSA) is 84.1 Å². The van der Waals surface area contributed by atoms with E-state index < -0.39 is 0 Å². The van der Waals surface area contributed by atoms with Crippen molar-refractivity contribution in [2.75, 3.05) is 11.9 Å². The number of ether oxygens (including phenoxy) is 1. The van der Waals surface area contributed by atoms with Crippen LogP contribution >= 0.6 is 11.6 Å². The summed E-state index contributed by atoms with van der Waals surface area (Å²) in [4.78, 5) is 24.2. The number of anilines is 1. The van der Waals surface area contributed by atoms with Crippen molar-refractivity contribution in [2.45, 2.75) is 19.4 Å². The Bertz CT molecular complexity index is 1110. The molecule has 2 heterocycles. The summed E-state index contributed by atoms with van der Waals surface area (Å²) in [5.74, 6) is 0.620. The highest BCUT2D eigenvalue weighted by Crippen LogP contribution is 2.33. The second-order valence-corrected chi connectivity index (χ2v) is 7.46. The summed E-state index contributed by atoms with van der Waals surface area (Å²) in [5, 5.41) is 9.27. The van der Waals surface area contributed by atoms with Crippen LogP contribution < -0.4 is 10.1 Å². The summed E-state index contributed by atoms with van der Waals surface area (Å²) in [5.41, 5.74) is 2.24. The number of nitrogens with one attached hydrogen (secondary N) is 1. The molecule has 1 aliphatic heterocycles. The van der Waals surface area contributed by atoms with Crippen LogP contribution in [0.15, 0.2) is 76.4 Å². The van der Waals surface area contributed by atoms with Crippen molar-refractivity contribution in [3.63, 3.8) is 0 Å². The van der Waals surface area contributed by atoms with Crippen molar-refractivity contribution in [3.05, 3.63) is 83.3 Å². The standard InChI is InChI=1S/C23H20ClN3O4/c1-15(28)25-18-4-2-5-19(12-18)31-14-23(29)27-21(22-6-3-11-30-22)13-20(26-27)16-7-9-17(24)10-8-16/h2-12,21H,13-14H2,1H3,(H,25,28)/t21-/m1/s1. The van der Waals surface area contributed by atoms with E-state index in [2.05, 4.69) is 10.4 Å². The quantitative estimate of drug-likeness (QED) is 0.608. The van der Waals surface area contributed by atoms with Crippen LogP contribution in [0.3, 0.4) is 0 Å². The van der Waals surface area contributed by atoms with Gasteiger partial charge in [0.05, 0.1) is 12.0 Å². The molecule has 1 aliphatic rings. The first-order valence-electron chi connectivity index (χ1n) is 9.69. The first-order chi connectivity index (χ1) is 15.0. The molecule has 0 radical (unpaired) electrons. The smallest absolute Gasteiger partial charge is 0.281 e. The van der Waals surface area contributed by atoms with Gasteiger partial charge in [0.15, 0.2) is 6.61 Å². The first-order valence-corrected chi connectivity index (χ1v) is 10.1.